The number of hydrogen-bond donors (Lipinski definition) is 2. The number of anilines is 1. The zero-order chi connectivity index (χ0) is 14.3. The van der Waals surface area contributed by atoms with Crippen molar-refractivity contribution in [3.8, 4) is 0 Å². The second-order valence-corrected chi connectivity index (χ2v) is 7.05. The molecule has 5 rings (SSSR count). The zero-order valence-corrected chi connectivity index (χ0v) is 13.1. The molecule has 4 aliphatic heterocycles. The molecule has 5 heterocycles. The predicted molar refractivity (Wildman–Crippen MR) is 85.2 cm³/mol. The molecule has 0 amide bonds. The highest BCUT2D eigenvalue weighted by Gasteiger charge is 2.48. The van der Waals surface area contributed by atoms with Crippen LogP contribution in [0.25, 0.3) is 0 Å². The molecular weight excluding hydrogens is 282 g/mol. The van der Waals surface area contributed by atoms with Crippen LogP contribution in [0.1, 0.15) is 19.3 Å². The Morgan fingerprint density at radius 1 is 1.33 bits per heavy atom. The molecule has 3 saturated heterocycles. The van der Waals surface area contributed by atoms with E-state index in [9.17, 15) is 0 Å². The van der Waals surface area contributed by atoms with Crippen molar-refractivity contribution in [1.82, 2.24) is 20.2 Å². The second-order valence-electron chi connectivity index (χ2n) is 6.22. The molecule has 2 bridgehead atoms. The number of thioether (sulfide) groups is 1. The first kappa shape index (κ1) is 13.4. The number of nitrogens with zero attached hydrogens (tertiary/aromatic N) is 3. The summed E-state index contributed by atoms with van der Waals surface area (Å²) < 4.78 is 0. The third kappa shape index (κ3) is 2.40. The Bertz CT molecular complexity index is 550. The van der Waals surface area contributed by atoms with Crippen molar-refractivity contribution >= 4 is 17.6 Å². The number of rotatable bonds is 3. The van der Waals surface area contributed by atoms with Gasteiger partial charge in [0.05, 0.1) is 17.9 Å². The number of aromatic nitrogens is 2. The third-order valence-corrected chi connectivity index (χ3v) is 5.66. The van der Waals surface area contributed by atoms with Crippen LogP contribution in [0.3, 0.4) is 0 Å². The largest absolute Gasteiger partial charge is 0.365 e. The summed E-state index contributed by atoms with van der Waals surface area (Å²) >= 11 is 1.61. The van der Waals surface area contributed by atoms with E-state index in [2.05, 4.69) is 31.6 Å². The molecule has 0 saturated carbocycles. The van der Waals surface area contributed by atoms with Gasteiger partial charge in [0.15, 0.2) is 0 Å². The predicted octanol–water partition coefficient (Wildman–Crippen LogP) is 1.91. The molecule has 2 N–H and O–H groups in total. The van der Waals surface area contributed by atoms with Gasteiger partial charge in [-0.25, -0.2) is 9.97 Å². The average Bonchev–Trinajstić information content (AvgIpc) is 2.91. The third-order valence-electron chi connectivity index (χ3n) is 5.03. The highest BCUT2D eigenvalue weighted by atomic mass is 32.2. The molecule has 0 unspecified atom stereocenters. The molecule has 0 aliphatic carbocycles. The van der Waals surface area contributed by atoms with Crippen LogP contribution in [-0.2, 0) is 0 Å². The van der Waals surface area contributed by atoms with Crippen molar-refractivity contribution < 1.29 is 0 Å². The van der Waals surface area contributed by atoms with Crippen molar-refractivity contribution in [3.63, 3.8) is 0 Å². The number of piperidine rings is 3. The lowest BCUT2D eigenvalue weighted by Crippen LogP contribution is -2.64. The van der Waals surface area contributed by atoms with Crippen LogP contribution in [-0.4, -0.2) is 46.3 Å². The fraction of sp³-hybridized carbons (Fsp3) is 0.600. The highest BCUT2D eigenvalue weighted by Crippen LogP contribution is 2.41. The molecule has 1 aromatic rings. The van der Waals surface area contributed by atoms with Crippen LogP contribution in [0.15, 0.2) is 29.3 Å². The lowest BCUT2D eigenvalue weighted by atomic mass is 9.72. The maximum Gasteiger partial charge on any atom is 0.150 e. The number of nitrogens with one attached hydrogen (secondary N) is 2. The lowest BCUT2D eigenvalue weighted by Gasteiger charge is -2.52. The van der Waals surface area contributed by atoms with Gasteiger partial charge in [-0.2, -0.15) is 0 Å². The van der Waals surface area contributed by atoms with Crippen molar-refractivity contribution in [3.05, 3.63) is 24.3 Å². The van der Waals surface area contributed by atoms with Crippen LogP contribution >= 0.6 is 11.8 Å². The van der Waals surface area contributed by atoms with Gasteiger partial charge in [-0.15, -0.1) is 11.8 Å². The van der Waals surface area contributed by atoms with Gasteiger partial charge in [0.1, 0.15) is 16.7 Å². The van der Waals surface area contributed by atoms with E-state index in [-0.39, 0.29) is 5.54 Å². The van der Waals surface area contributed by atoms with Gasteiger partial charge in [0.25, 0.3) is 0 Å². The van der Waals surface area contributed by atoms with E-state index in [0.717, 1.165) is 29.0 Å². The molecular formula is C15H21N5S. The van der Waals surface area contributed by atoms with E-state index in [4.69, 9.17) is 0 Å². The molecule has 0 radical (unpaired) electrons. The first-order chi connectivity index (χ1) is 10.3. The first-order valence-corrected chi connectivity index (χ1v) is 8.84. The maximum atomic E-state index is 4.41. The van der Waals surface area contributed by atoms with Gasteiger partial charge in [-0.1, -0.05) is 0 Å². The van der Waals surface area contributed by atoms with Gasteiger partial charge in [-0.05, 0) is 50.6 Å². The Balaban J connectivity index is 1.44. The Labute approximate surface area is 129 Å². The topological polar surface area (TPSA) is 53.1 Å². The average molecular weight is 303 g/mol. The molecule has 1 spiro atoms. The minimum absolute atomic E-state index is 0.255. The van der Waals surface area contributed by atoms with Crippen LogP contribution in [0.5, 0.6) is 0 Å². The molecule has 0 aromatic carbocycles. The van der Waals surface area contributed by atoms with E-state index in [1.54, 1.807) is 18.0 Å². The minimum atomic E-state index is 0.255. The Morgan fingerprint density at radius 3 is 2.81 bits per heavy atom. The standard InChI is InChI=1S/C15H21N5S/c1-21-14-9-16-13(8-17-14)18-12-2-5-15(19-12)10-20-6-3-11(15)4-7-20/h2,8-9,11,19H,3-7,10H2,1H3,(H,16,18)/t15-/m0/s1. The SMILES string of the molecule is CSc1cnc(NC2=CC[C@@]3(CN4CCC3CC4)N2)cn1. The van der Waals surface area contributed by atoms with Crippen molar-refractivity contribution in [2.75, 3.05) is 31.2 Å². The fourth-order valence-corrected chi connectivity index (χ4v) is 4.22. The summed E-state index contributed by atoms with van der Waals surface area (Å²) in [6.07, 6.45) is 11.7. The maximum absolute atomic E-state index is 4.41. The van der Waals surface area contributed by atoms with Gasteiger partial charge in [0.2, 0.25) is 0 Å². The Hall–Kier alpha value is -1.27. The summed E-state index contributed by atoms with van der Waals surface area (Å²) in [6.45, 7) is 3.73. The smallest absolute Gasteiger partial charge is 0.150 e. The van der Waals surface area contributed by atoms with Gasteiger partial charge in [0, 0.05) is 6.54 Å². The van der Waals surface area contributed by atoms with Crippen molar-refractivity contribution in [2.24, 2.45) is 5.92 Å². The van der Waals surface area contributed by atoms with Crippen LogP contribution in [0.4, 0.5) is 5.82 Å². The van der Waals surface area contributed by atoms with Crippen LogP contribution in [0.2, 0.25) is 0 Å². The van der Waals surface area contributed by atoms with Crippen LogP contribution < -0.4 is 10.6 Å². The summed E-state index contributed by atoms with van der Waals surface area (Å²) in [5.74, 6) is 2.71. The number of fused-ring (bicyclic) bond motifs is 2. The molecule has 5 nitrogen and oxygen atoms in total. The van der Waals surface area contributed by atoms with E-state index in [0.29, 0.717) is 0 Å². The number of hydrogen-bond acceptors (Lipinski definition) is 6. The van der Waals surface area contributed by atoms with Gasteiger partial charge >= 0.3 is 0 Å². The Kier molecular flexibility index (Phi) is 3.30. The summed E-state index contributed by atoms with van der Waals surface area (Å²) in [5.41, 5.74) is 0.255. The van der Waals surface area contributed by atoms with Gasteiger partial charge < -0.3 is 15.5 Å². The molecule has 21 heavy (non-hydrogen) atoms. The molecule has 1 atom stereocenters. The zero-order valence-electron chi connectivity index (χ0n) is 12.3. The summed E-state index contributed by atoms with van der Waals surface area (Å²) in [7, 11) is 0. The first-order valence-electron chi connectivity index (χ1n) is 7.61. The quantitative estimate of drug-likeness (QED) is 0.832. The monoisotopic (exact) mass is 303 g/mol. The van der Waals surface area contributed by atoms with Crippen LogP contribution in [0, 0.1) is 5.92 Å². The fourth-order valence-electron chi connectivity index (χ4n) is 3.91. The summed E-state index contributed by atoms with van der Waals surface area (Å²) in [4.78, 5) is 11.4. The van der Waals surface area contributed by atoms with Gasteiger partial charge in [-0.3, -0.25) is 0 Å². The minimum Gasteiger partial charge on any atom is -0.365 e. The van der Waals surface area contributed by atoms with E-state index >= 15 is 0 Å². The van der Waals surface area contributed by atoms with E-state index in [1.807, 2.05) is 12.5 Å². The molecule has 6 heteroatoms. The molecule has 1 aromatic heterocycles. The second kappa shape index (κ2) is 5.18. The lowest BCUT2D eigenvalue weighted by molar-refractivity contribution is 0.0189. The Morgan fingerprint density at radius 2 is 2.19 bits per heavy atom. The van der Waals surface area contributed by atoms with E-state index in [1.165, 1.54) is 32.5 Å². The molecule has 112 valence electrons. The normalized spacial score (nSPS) is 33.9. The summed E-state index contributed by atoms with van der Waals surface area (Å²) in [6, 6.07) is 0. The van der Waals surface area contributed by atoms with Crippen molar-refractivity contribution in [1.29, 1.82) is 0 Å². The molecule has 3 fully saturated rings. The molecule has 4 aliphatic rings. The van der Waals surface area contributed by atoms with Crippen molar-refractivity contribution in [2.45, 2.75) is 29.8 Å². The summed E-state index contributed by atoms with van der Waals surface area (Å²) in [5, 5.41) is 8.07. The van der Waals surface area contributed by atoms with E-state index < -0.39 is 0 Å². The highest BCUT2D eigenvalue weighted by molar-refractivity contribution is 7.98.